The molecule has 0 saturated carbocycles. The van der Waals surface area contributed by atoms with Crippen LogP contribution < -0.4 is 4.90 Å². The molecule has 0 N–H and O–H groups in total. The Kier molecular flexibility index (Phi) is 4.15. The first-order chi connectivity index (χ1) is 10.6. The van der Waals surface area contributed by atoms with E-state index in [1.807, 2.05) is 42.1 Å². The summed E-state index contributed by atoms with van der Waals surface area (Å²) in [6, 6.07) is 0. The number of hydrogen-bond acceptors (Lipinski definition) is 5. The molecule has 0 spiro atoms. The van der Waals surface area contributed by atoms with E-state index in [4.69, 9.17) is 0 Å². The minimum atomic E-state index is 0.193. The second-order valence-corrected chi connectivity index (χ2v) is 6.51. The zero-order chi connectivity index (χ0) is 15.7. The quantitative estimate of drug-likeness (QED) is 0.858. The van der Waals surface area contributed by atoms with E-state index >= 15 is 0 Å². The Labute approximate surface area is 134 Å². The van der Waals surface area contributed by atoms with Crippen molar-refractivity contribution < 1.29 is 4.79 Å². The van der Waals surface area contributed by atoms with Crippen LogP contribution in [0.2, 0.25) is 0 Å². The molecular weight excluding hydrogens is 298 g/mol. The van der Waals surface area contributed by atoms with Crippen LogP contribution in [0.5, 0.6) is 0 Å². The van der Waals surface area contributed by atoms with E-state index in [1.54, 1.807) is 11.3 Å². The summed E-state index contributed by atoms with van der Waals surface area (Å²) in [7, 11) is 1.92. The van der Waals surface area contributed by atoms with Crippen LogP contribution in [0.1, 0.15) is 17.0 Å². The Bertz CT molecular complexity index is 656. The molecule has 1 fully saturated rings. The summed E-state index contributed by atoms with van der Waals surface area (Å²) >= 11 is 1.65. The molecule has 0 bridgehead atoms. The van der Waals surface area contributed by atoms with Crippen LogP contribution in [0.3, 0.4) is 0 Å². The average Bonchev–Trinajstić information content (AvgIpc) is 3.12. The number of carbonyl (C=O) groups is 1. The van der Waals surface area contributed by atoms with Crippen molar-refractivity contribution in [2.45, 2.75) is 20.3 Å². The van der Waals surface area contributed by atoms with Crippen molar-refractivity contribution in [1.29, 1.82) is 0 Å². The molecule has 2 aromatic rings. The van der Waals surface area contributed by atoms with Gasteiger partial charge in [0.25, 0.3) is 0 Å². The summed E-state index contributed by atoms with van der Waals surface area (Å²) in [5, 5.41) is 7.42. The summed E-state index contributed by atoms with van der Waals surface area (Å²) < 4.78 is 1.85. The fourth-order valence-electron chi connectivity index (χ4n) is 2.86. The maximum absolute atomic E-state index is 12.5. The van der Waals surface area contributed by atoms with Crippen LogP contribution in [0.4, 0.5) is 5.13 Å². The maximum Gasteiger partial charge on any atom is 0.227 e. The second-order valence-electron chi connectivity index (χ2n) is 5.63. The van der Waals surface area contributed by atoms with Crippen LogP contribution in [-0.2, 0) is 18.3 Å². The number of carbonyl (C=O) groups excluding carboxylic acids is 1. The normalized spacial score (nSPS) is 15.4. The van der Waals surface area contributed by atoms with Gasteiger partial charge in [0.2, 0.25) is 5.91 Å². The maximum atomic E-state index is 12.5. The number of nitrogens with zero attached hydrogens (tertiary/aromatic N) is 5. The standard InChI is InChI=1S/C15H21N5OS/c1-11-13(12(2)18(3)17-11)10-14(21)19-5-7-20(8-6-19)15-16-4-9-22-15/h4,9H,5-8,10H2,1-3H3. The van der Waals surface area contributed by atoms with Crippen molar-refractivity contribution in [3.8, 4) is 0 Å². The minimum absolute atomic E-state index is 0.193. The van der Waals surface area contributed by atoms with Gasteiger partial charge in [0, 0.05) is 56.1 Å². The van der Waals surface area contributed by atoms with Crippen molar-refractivity contribution in [2.75, 3.05) is 31.1 Å². The van der Waals surface area contributed by atoms with E-state index in [9.17, 15) is 4.79 Å². The Morgan fingerprint density at radius 2 is 2.00 bits per heavy atom. The Balaban J connectivity index is 1.60. The SMILES string of the molecule is Cc1nn(C)c(C)c1CC(=O)N1CCN(c2nccs2)CC1. The fraction of sp³-hybridized carbons (Fsp3) is 0.533. The topological polar surface area (TPSA) is 54.3 Å². The van der Waals surface area contributed by atoms with Crippen molar-refractivity contribution in [2.24, 2.45) is 7.05 Å². The summed E-state index contributed by atoms with van der Waals surface area (Å²) in [5.74, 6) is 0.193. The molecule has 0 atom stereocenters. The molecule has 1 aliphatic rings. The zero-order valence-corrected chi connectivity index (χ0v) is 14.1. The third kappa shape index (κ3) is 2.85. The minimum Gasteiger partial charge on any atom is -0.345 e. The van der Waals surface area contributed by atoms with Crippen LogP contribution in [-0.4, -0.2) is 51.8 Å². The van der Waals surface area contributed by atoms with Gasteiger partial charge in [0.1, 0.15) is 0 Å². The summed E-state index contributed by atoms with van der Waals surface area (Å²) in [6.07, 6.45) is 2.27. The molecular formula is C15H21N5OS. The number of hydrogen-bond donors (Lipinski definition) is 0. The molecule has 3 rings (SSSR count). The number of rotatable bonds is 3. The first kappa shape index (κ1) is 15.0. The van der Waals surface area contributed by atoms with E-state index in [0.717, 1.165) is 48.3 Å². The van der Waals surface area contributed by atoms with E-state index in [0.29, 0.717) is 6.42 Å². The number of aryl methyl sites for hydroxylation is 2. The number of piperazine rings is 1. The van der Waals surface area contributed by atoms with Crippen molar-refractivity contribution in [3.63, 3.8) is 0 Å². The van der Waals surface area contributed by atoms with Gasteiger partial charge >= 0.3 is 0 Å². The molecule has 1 amide bonds. The summed E-state index contributed by atoms with van der Waals surface area (Å²) in [6.45, 7) is 7.21. The molecule has 0 aromatic carbocycles. The van der Waals surface area contributed by atoms with Gasteiger partial charge in [-0.3, -0.25) is 9.48 Å². The van der Waals surface area contributed by atoms with Gasteiger partial charge in [-0.2, -0.15) is 5.10 Å². The van der Waals surface area contributed by atoms with Crippen LogP contribution >= 0.6 is 11.3 Å². The zero-order valence-electron chi connectivity index (χ0n) is 13.2. The average molecular weight is 319 g/mol. The lowest BCUT2D eigenvalue weighted by Crippen LogP contribution is -2.49. The van der Waals surface area contributed by atoms with Crippen molar-refractivity contribution in [3.05, 3.63) is 28.5 Å². The molecule has 6 nitrogen and oxygen atoms in total. The highest BCUT2D eigenvalue weighted by Gasteiger charge is 2.24. The molecule has 7 heteroatoms. The fourth-order valence-corrected chi connectivity index (χ4v) is 3.55. The highest BCUT2D eigenvalue weighted by Crippen LogP contribution is 2.20. The van der Waals surface area contributed by atoms with Gasteiger partial charge in [0.15, 0.2) is 5.13 Å². The van der Waals surface area contributed by atoms with E-state index in [2.05, 4.69) is 15.0 Å². The number of amides is 1. The lowest BCUT2D eigenvalue weighted by Gasteiger charge is -2.34. The molecule has 22 heavy (non-hydrogen) atoms. The summed E-state index contributed by atoms with van der Waals surface area (Å²) in [4.78, 5) is 21.1. The van der Waals surface area contributed by atoms with Gasteiger partial charge in [-0.15, -0.1) is 11.3 Å². The first-order valence-corrected chi connectivity index (χ1v) is 8.35. The smallest absolute Gasteiger partial charge is 0.227 e. The lowest BCUT2D eigenvalue weighted by atomic mass is 10.1. The van der Waals surface area contributed by atoms with E-state index < -0.39 is 0 Å². The molecule has 1 aliphatic heterocycles. The first-order valence-electron chi connectivity index (χ1n) is 7.47. The molecule has 0 unspecified atom stereocenters. The molecule has 0 aliphatic carbocycles. The van der Waals surface area contributed by atoms with Gasteiger partial charge < -0.3 is 9.80 Å². The predicted molar refractivity (Wildman–Crippen MR) is 87.3 cm³/mol. The van der Waals surface area contributed by atoms with Crippen LogP contribution in [0, 0.1) is 13.8 Å². The highest BCUT2D eigenvalue weighted by atomic mass is 32.1. The molecule has 2 aromatic heterocycles. The van der Waals surface area contributed by atoms with Gasteiger partial charge in [-0.1, -0.05) is 0 Å². The molecule has 1 saturated heterocycles. The third-order valence-electron chi connectivity index (χ3n) is 4.31. The third-order valence-corrected chi connectivity index (χ3v) is 5.14. The van der Waals surface area contributed by atoms with E-state index in [1.165, 1.54) is 0 Å². The van der Waals surface area contributed by atoms with E-state index in [-0.39, 0.29) is 5.91 Å². The Morgan fingerprint density at radius 3 is 2.55 bits per heavy atom. The predicted octanol–water partition coefficient (Wildman–Crippen LogP) is 1.38. The Morgan fingerprint density at radius 1 is 1.27 bits per heavy atom. The van der Waals surface area contributed by atoms with Gasteiger partial charge in [0.05, 0.1) is 12.1 Å². The van der Waals surface area contributed by atoms with Crippen LogP contribution in [0.15, 0.2) is 11.6 Å². The molecule has 0 radical (unpaired) electrons. The number of aromatic nitrogens is 3. The van der Waals surface area contributed by atoms with Gasteiger partial charge in [-0.05, 0) is 13.8 Å². The van der Waals surface area contributed by atoms with Gasteiger partial charge in [-0.25, -0.2) is 4.98 Å². The Hall–Kier alpha value is -1.89. The van der Waals surface area contributed by atoms with Crippen molar-refractivity contribution in [1.82, 2.24) is 19.7 Å². The molecule has 118 valence electrons. The largest absolute Gasteiger partial charge is 0.345 e. The monoisotopic (exact) mass is 319 g/mol. The highest BCUT2D eigenvalue weighted by molar-refractivity contribution is 7.13. The lowest BCUT2D eigenvalue weighted by molar-refractivity contribution is -0.130. The number of anilines is 1. The number of thiazole rings is 1. The second kappa shape index (κ2) is 6.08. The van der Waals surface area contributed by atoms with Crippen LogP contribution in [0.25, 0.3) is 0 Å². The molecule has 3 heterocycles. The van der Waals surface area contributed by atoms with Crippen molar-refractivity contribution >= 4 is 22.4 Å². The summed E-state index contributed by atoms with van der Waals surface area (Å²) in [5.41, 5.74) is 3.09.